The molecule has 0 spiro atoms. The van der Waals surface area contributed by atoms with Crippen LogP contribution in [0.5, 0.6) is 11.5 Å². The molecular weight excluding hydrogens is 296 g/mol. The number of carbonyl (C=O) groups excluding carboxylic acids is 1. The molecule has 8 heteroatoms. The molecule has 0 aliphatic rings. The van der Waals surface area contributed by atoms with Crippen LogP contribution >= 0.6 is 10.7 Å². The molecule has 19 heavy (non-hydrogen) atoms. The zero-order valence-corrected chi connectivity index (χ0v) is 12.2. The zero-order chi connectivity index (χ0) is 14.6. The number of halogens is 1. The second-order valence-corrected chi connectivity index (χ2v) is 5.90. The molecule has 0 heterocycles. The number of rotatable bonds is 5. The van der Waals surface area contributed by atoms with Gasteiger partial charge < -0.3 is 14.2 Å². The van der Waals surface area contributed by atoms with E-state index in [1.54, 1.807) is 6.92 Å². The molecule has 0 bridgehead atoms. The number of hydrogen-bond donors (Lipinski definition) is 0. The third-order valence-electron chi connectivity index (χ3n) is 2.23. The Bertz CT molecular complexity index is 581. The van der Waals surface area contributed by atoms with Crippen molar-refractivity contribution in [1.29, 1.82) is 0 Å². The molecule has 0 fully saturated rings. The summed E-state index contributed by atoms with van der Waals surface area (Å²) < 4.78 is 37.6. The maximum absolute atomic E-state index is 11.6. The highest BCUT2D eigenvalue weighted by atomic mass is 35.7. The molecule has 0 N–H and O–H groups in total. The largest absolute Gasteiger partial charge is 0.495 e. The first kappa shape index (κ1) is 15.6. The molecule has 0 aliphatic carbocycles. The summed E-state index contributed by atoms with van der Waals surface area (Å²) in [7, 11) is 3.70. The van der Waals surface area contributed by atoms with Crippen LogP contribution < -0.4 is 9.47 Å². The van der Waals surface area contributed by atoms with Crippen LogP contribution in [0.15, 0.2) is 17.0 Å². The van der Waals surface area contributed by atoms with Crippen molar-refractivity contribution in [3.63, 3.8) is 0 Å². The van der Waals surface area contributed by atoms with Crippen molar-refractivity contribution >= 4 is 25.7 Å². The van der Waals surface area contributed by atoms with Crippen molar-refractivity contribution in [2.45, 2.75) is 11.8 Å². The minimum atomic E-state index is -4.06. The van der Waals surface area contributed by atoms with Gasteiger partial charge in [0.15, 0.2) is 0 Å². The van der Waals surface area contributed by atoms with Crippen LogP contribution in [0.1, 0.15) is 17.3 Å². The number of hydrogen-bond acceptors (Lipinski definition) is 6. The van der Waals surface area contributed by atoms with Gasteiger partial charge in [-0.1, -0.05) is 0 Å². The Morgan fingerprint density at radius 3 is 2.32 bits per heavy atom. The summed E-state index contributed by atoms with van der Waals surface area (Å²) in [5, 5.41) is 0. The highest BCUT2D eigenvalue weighted by Crippen LogP contribution is 2.34. The lowest BCUT2D eigenvalue weighted by molar-refractivity contribution is 0.0596. The lowest BCUT2D eigenvalue weighted by atomic mass is 10.2. The maximum Gasteiger partial charge on any atom is 0.341 e. The summed E-state index contributed by atoms with van der Waals surface area (Å²) in [6.07, 6.45) is 0. The smallest absolute Gasteiger partial charge is 0.341 e. The van der Waals surface area contributed by atoms with Crippen molar-refractivity contribution in [1.82, 2.24) is 0 Å². The predicted octanol–water partition coefficient (Wildman–Crippen LogP) is 1.81. The van der Waals surface area contributed by atoms with E-state index in [0.29, 0.717) is 6.61 Å². The van der Waals surface area contributed by atoms with Crippen molar-refractivity contribution in [3.8, 4) is 11.5 Å². The Labute approximate surface area is 115 Å². The van der Waals surface area contributed by atoms with E-state index in [1.165, 1.54) is 20.3 Å². The molecule has 0 radical (unpaired) electrons. The summed E-state index contributed by atoms with van der Waals surface area (Å²) >= 11 is 0. The van der Waals surface area contributed by atoms with Crippen molar-refractivity contribution in [3.05, 3.63) is 17.7 Å². The van der Waals surface area contributed by atoms with Gasteiger partial charge in [0.1, 0.15) is 22.0 Å². The number of ether oxygens (including phenoxy) is 3. The van der Waals surface area contributed by atoms with Crippen LogP contribution in [0.2, 0.25) is 0 Å². The molecule has 0 aromatic heterocycles. The third kappa shape index (κ3) is 3.51. The van der Waals surface area contributed by atoms with Gasteiger partial charge in [-0.2, -0.15) is 0 Å². The van der Waals surface area contributed by atoms with Crippen LogP contribution in [-0.2, 0) is 13.8 Å². The average Bonchev–Trinajstić information content (AvgIpc) is 2.36. The standard InChI is InChI=1S/C11H13ClO6S/c1-4-18-8-6-9(16-2)10(19(12,14)15)5-7(8)11(13)17-3/h5-6H,4H2,1-3H3. The van der Waals surface area contributed by atoms with Gasteiger partial charge in [-0.15, -0.1) is 0 Å². The summed E-state index contributed by atoms with van der Waals surface area (Å²) in [4.78, 5) is 11.3. The van der Waals surface area contributed by atoms with Crippen LogP contribution in [0, 0.1) is 0 Å². The minimum Gasteiger partial charge on any atom is -0.495 e. The Morgan fingerprint density at radius 2 is 1.89 bits per heavy atom. The Morgan fingerprint density at radius 1 is 1.26 bits per heavy atom. The first-order valence-corrected chi connectivity index (χ1v) is 7.53. The lowest BCUT2D eigenvalue weighted by Gasteiger charge is -2.13. The average molecular weight is 309 g/mol. The van der Waals surface area contributed by atoms with Gasteiger partial charge in [-0.25, -0.2) is 13.2 Å². The van der Waals surface area contributed by atoms with Gasteiger partial charge in [0.2, 0.25) is 0 Å². The van der Waals surface area contributed by atoms with Crippen LogP contribution in [-0.4, -0.2) is 35.2 Å². The molecule has 0 saturated heterocycles. The molecule has 106 valence electrons. The molecule has 6 nitrogen and oxygen atoms in total. The first-order chi connectivity index (χ1) is 8.85. The lowest BCUT2D eigenvalue weighted by Crippen LogP contribution is -2.08. The number of carbonyl (C=O) groups is 1. The highest BCUT2D eigenvalue weighted by molar-refractivity contribution is 8.13. The van der Waals surface area contributed by atoms with Crippen LogP contribution in [0.4, 0.5) is 0 Å². The molecule has 0 saturated carbocycles. The Kier molecular flexibility index (Phi) is 5.02. The second kappa shape index (κ2) is 6.12. The normalized spacial score (nSPS) is 10.9. The van der Waals surface area contributed by atoms with Gasteiger partial charge in [0.05, 0.1) is 20.8 Å². The van der Waals surface area contributed by atoms with Crippen molar-refractivity contribution < 1.29 is 27.4 Å². The molecule has 1 aromatic rings. The quantitative estimate of drug-likeness (QED) is 0.609. The van der Waals surface area contributed by atoms with Gasteiger partial charge in [-0.3, -0.25) is 0 Å². The molecule has 0 atom stereocenters. The highest BCUT2D eigenvalue weighted by Gasteiger charge is 2.24. The maximum atomic E-state index is 11.6. The van der Waals surface area contributed by atoms with Gasteiger partial charge in [0, 0.05) is 16.7 Å². The molecule has 1 aromatic carbocycles. The van der Waals surface area contributed by atoms with E-state index in [9.17, 15) is 13.2 Å². The van der Waals surface area contributed by atoms with E-state index >= 15 is 0 Å². The summed E-state index contributed by atoms with van der Waals surface area (Å²) in [5.74, 6) is -0.575. The third-order valence-corrected chi connectivity index (χ3v) is 3.58. The number of methoxy groups -OCH3 is 2. The first-order valence-electron chi connectivity index (χ1n) is 5.23. The number of esters is 1. The van der Waals surface area contributed by atoms with E-state index in [1.807, 2.05) is 0 Å². The predicted molar refractivity (Wildman–Crippen MR) is 68.5 cm³/mol. The fourth-order valence-corrected chi connectivity index (χ4v) is 2.44. The summed E-state index contributed by atoms with van der Waals surface area (Å²) in [6, 6.07) is 2.35. The summed E-state index contributed by atoms with van der Waals surface area (Å²) in [5.41, 5.74) is -0.0376. The fourth-order valence-electron chi connectivity index (χ4n) is 1.44. The molecule has 0 amide bonds. The Hall–Kier alpha value is -1.47. The number of benzene rings is 1. The minimum absolute atomic E-state index is 0.00824. The van der Waals surface area contributed by atoms with Gasteiger partial charge in [-0.05, 0) is 13.0 Å². The van der Waals surface area contributed by atoms with E-state index in [2.05, 4.69) is 4.74 Å². The molecule has 1 rings (SSSR count). The molecule has 0 aliphatic heterocycles. The van der Waals surface area contributed by atoms with E-state index in [-0.39, 0.29) is 22.0 Å². The Balaban J connectivity index is 3.56. The molecular formula is C11H13ClO6S. The fraction of sp³-hybridized carbons (Fsp3) is 0.364. The monoisotopic (exact) mass is 308 g/mol. The van der Waals surface area contributed by atoms with Crippen LogP contribution in [0.3, 0.4) is 0 Å². The van der Waals surface area contributed by atoms with Gasteiger partial charge >= 0.3 is 5.97 Å². The zero-order valence-electron chi connectivity index (χ0n) is 10.6. The van der Waals surface area contributed by atoms with Crippen molar-refractivity contribution in [2.75, 3.05) is 20.8 Å². The second-order valence-electron chi connectivity index (χ2n) is 3.36. The van der Waals surface area contributed by atoms with Crippen LogP contribution in [0.25, 0.3) is 0 Å². The summed E-state index contributed by atoms with van der Waals surface area (Å²) in [6.45, 7) is 2.01. The van der Waals surface area contributed by atoms with E-state index in [0.717, 1.165) is 6.07 Å². The van der Waals surface area contributed by atoms with E-state index in [4.69, 9.17) is 20.2 Å². The SMILES string of the molecule is CCOc1cc(OC)c(S(=O)(=O)Cl)cc1C(=O)OC. The van der Waals surface area contributed by atoms with Gasteiger partial charge in [0.25, 0.3) is 9.05 Å². The van der Waals surface area contributed by atoms with E-state index < -0.39 is 15.0 Å². The topological polar surface area (TPSA) is 78.9 Å². The van der Waals surface area contributed by atoms with Crippen molar-refractivity contribution in [2.24, 2.45) is 0 Å². The molecule has 0 unspecified atom stereocenters.